The molecule has 2 aliphatic carbocycles. The summed E-state index contributed by atoms with van der Waals surface area (Å²) in [5, 5.41) is 0. The van der Waals surface area contributed by atoms with E-state index in [0.717, 1.165) is 42.4 Å². The molecule has 1 amide bonds. The van der Waals surface area contributed by atoms with Gasteiger partial charge in [0.2, 0.25) is 11.8 Å². The average molecular weight is 697 g/mol. The van der Waals surface area contributed by atoms with Gasteiger partial charge in [-0.15, -0.1) is 0 Å². The van der Waals surface area contributed by atoms with E-state index in [-0.39, 0.29) is 64.3 Å². The lowest BCUT2D eigenvalue weighted by atomic mass is 9.76. The zero-order valence-electron chi connectivity index (χ0n) is 29.2. The van der Waals surface area contributed by atoms with Crippen LogP contribution < -0.4 is 14.2 Å². The third kappa shape index (κ3) is 7.03. The van der Waals surface area contributed by atoms with Crippen LogP contribution in [0.2, 0.25) is 0 Å². The second-order valence-electron chi connectivity index (χ2n) is 15.0. The number of hydrogen-bond acceptors (Lipinski definition) is 9. The number of aryl methyl sites for hydroxylation is 2. The molecule has 0 saturated heterocycles. The van der Waals surface area contributed by atoms with Crippen LogP contribution in [-0.2, 0) is 10.0 Å². The number of benzene rings is 2. The molecular formula is C38H44N6O5S. The Labute approximate surface area is 293 Å². The summed E-state index contributed by atoms with van der Waals surface area (Å²) in [6.45, 7) is 10.5. The van der Waals surface area contributed by atoms with Crippen molar-refractivity contribution in [3.8, 4) is 22.9 Å². The Morgan fingerprint density at radius 2 is 1.68 bits per heavy atom. The van der Waals surface area contributed by atoms with Crippen LogP contribution in [-0.4, -0.2) is 64.0 Å². The molecule has 11 nitrogen and oxygen atoms in total. The van der Waals surface area contributed by atoms with Crippen molar-refractivity contribution in [3.05, 3.63) is 83.4 Å². The minimum absolute atomic E-state index is 0.0611. The van der Waals surface area contributed by atoms with Gasteiger partial charge in [-0.3, -0.25) is 4.79 Å². The van der Waals surface area contributed by atoms with Gasteiger partial charge in [0.05, 0.1) is 35.1 Å². The average Bonchev–Trinajstić information content (AvgIpc) is 3.02. The van der Waals surface area contributed by atoms with Crippen LogP contribution in [0, 0.1) is 19.3 Å². The molecule has 3 atom stereocenters. The maximum atomic E-state index is 14.7. The molecule has 0 radical (unpaired) electrons. The molecule has 2 aromatic heterocycles. The predicted molar refractivity (Wildman–Crippen MR) is 190 cm³/mol. The van der Waals surface area contributed by atoms with Gasteiger partial charge in [0.25, 0.3) is 15.9 Å². The lowest BCUT2D eigenvalue weighted by Crippen LogP contribution is -2.56. The molecule has 262 valence electrons. The highest BCUT2D eigenvalue weighted by Crippen LogP contribution is 2.42. The molecule has 1 aliphatic heterocycles. The summed E-state index contributed by atoms with van der Waals surface area (Å²) in [6.07, 6.45) is 9.13. The van der Waals surface area contributed by atoms with E-state index in [0.29, 0.717) is 23.7 Å². The Morgan fingerprint density at radius 3 is 2.32 bits per heavy atom. The largest absolute Gasteiger partial charge is 0.487 e. The van der Waals surface area contributed by atoms with Gasteiger partial charge in [-0.05, 0) is 87.1 Å². The van der Waals surface area contributed by atoms with Crippen molar-refractivity contribution in [1.29, 1.82) is 0 Å². The van der Waals surface area contributed by atoms with E-state index >= 15 is 0 Å². The summed E-state index contributed by atoms with van der Waals surface area (Å²) in [5.74, 6) is 1.04. The maximum Gasteiger partial charge on any atom is 0.264 e. The predicted octanol–water partition coefficient (Wildman–Crippen LogP) is 6.87. The minimum Gasteiger partial charge on any atom is -0.487 e. The molecule has 12 heteroatoms. The number of amides is 1. The molecule has 3 aliphatic rings. The van der Waals surface area contributed by atoms with Crippen molar-refractivity contribution in [3.63, 3.8) is 0 Å². The number of ether oxygens (including phenoxy) is 2. The number of nitrogens with zero attached hydrogens (tertiary/aromatic N) is 5. The van der Waals surface area contributed by atoms with E-state index in [2.05, 4.69) is 35.5 Å². The lowest BCUT2D eigenvalue weighted by Gasteiger charge is -2.48. The zero-order valence-corrected chi connectivity index (χ0v) is 30.0. The maximum absolute atomic E-state index is 14.7. The van der Waals surface area contributed by atoms with Gasteiger partial charge >= 0.3 is 0 Å². The van der Waals surface area contributed by atoms with Crippen molar-refractivity contribution in [2.75, 3.05) is 11.3 Å². The van der Waals surface area contributed by atoms with E-state index in [1.807, 2.05) is 36.9 Å². The van der Waals surface area contributed by atoms with Crippen LogP contribution in [0.5, 0.6) is 11.6 Å². The number of rotatable bonds is 6. The molecule has 1 N–H and O–H groups in total. The number of hydrogen-bond donors (Lipinski definition) is 1. The first-order valence-corrected chi connectivity index (χ1v) is 18.9. The normalized spacial score (nSPS) is 22.1. The molecule has 50 heavy (non-hydrogen) atoms. The number of aromatic nitrogens is 4. The Bertz CT molecular complexity index is 1990. The lowest BCUT2D eigenvalue weighted by molar-refractivity contribution is 0.0155. The Hall–Kier alpha value is -4.58. The summed E-state index contributed by atoms with van der Waals surface area (Å²) in [4.78, 5) is 35.1. The number of nitrogens with one attached hydrogen (secondary N) is 1. The van der Waals surface area contributed by atoms with Gasteiger partial charge in [0, 0.05) is 29.2 Å². The molecule has 7 rings (SSSR count). The van der Waals surface area contributed by atoms with Gasteiger partial charge in [0.1, 0.15) is 12.4 Å². The fourth-order valence-electron chi connectivity index (χ4n) is 7.10. The van der Waals surface area contributed by atoms with Gasteiger partial charge in [-0.2, -0.15) is 4.98 Å². The van der Waals surface area contributed by atoms with Crippen molar-refractivity contribution in [1.82, 2.24) is 24.8 Å². The first-order valence-electron chi connectivity index (χ1n) is 17.4. The van der Waals surface area contributed by atoms with E-state index in [4.69, 9.17) is 19.4 Å². The smallest absolute Gasteiger partial charge is 0.264 e. The second-order valence-corrected chi connectivity index (χ2v) is 16.6. The van der Waals surface area contributed by atoms with Crippen LogP contribution in [0.25, 0.3) is 11.3 Å². The SMILES string of the molecule is Cc1cccc(C)c1-c1cc2nc(n1)NS(=O)(=O)c1cccc(c1)C(=O)N(C1CCC1c1ncc(OC3CCC3)cn1)[C@H](CC(C)(C)C)CO2. The van der Waals surface area contributed by atoms with Gasteiger partial charge in [-0.25, -0.2) is 28.1 Å². The third-order valence-electron chi connectivity index (χ3n) is 9.89. The summed E-state index contributed by atoms with van der Waals surface area (Å²) < 4.78 is 42.5. The number of sulfonamides is 1. The van der Waals surface area contributed by atoms with Crippen LogP contribution in [0.3, 0.4) is 0 Å². The Kier molecular flexibility index (Phi) is 9.00. The van der Waals surface area contributed by atoms with E-state index in [1.165, 1.54) is 18.6 Å². The van der Waals surface area contributed by atoms with E-state index in [9.17, 15) is 13.2 Å². The summed E-state index contributed by atoms with van der Waals surface area (Å²) in [5.41, 5.74) is 3.47. The van der Waals surface area contributed by atoms with Crippen LogP contribution in [0.1, 0.15) is 92.5 Å². The Morgan fingerprint density at radius 1 is 0.960 bits per heavy atom. The molecule has 4 aromatic rings. The molecule has 0 spiro atoms. The van der Waals surface area contributed by atoms with E-state index in [1.54, 1.807) is 30.6 Å². The summed E-state index contributed by atoms with van der Waals surface area (Å²) in [6, 6.07) is 13.2. The Balaban J connectivity index is 1.30. The first kappa shape index (κ1) is 33.9. The highest BCUT2D eigenvalue weighted by atomic mass is 32.2. The molecule has 2 unspecified atom stereocenters. The van der Waals surface area contributed by atoms with Gasteiger partial charge in [0.15, 0.2) is 5.75 Å². The second kappa shape index (κ2) is 13.3. The number of carbonyl (C=O) groups is 1. The molecule has 3 heterocycles. The fourth-order valence-corrected chi connectivity index (χ4v) is 8.09. The third-order valence-corrected chi connectivity index (χ3v) is 11.2. The molecule has 4 bridgehead atoms. The van der Waals surface area contributed by atoms with Crippen molar-refractivity contribution in [2.45, 2.75) is 102 Å². The van der Waals surface area contributed by atoms with Crippen LogP contribution in [0.15, 0.2) is 65.8 Å². The fraction of sp³-hybridized carbons (Fsp3) is 0.447. The molecule has 2 saturated carbocycles. The van der Waals surface area contributed by atoms with Crippen molar-refractivity contribution >= 4 is 21.9 Å². The molecule has 2 fully saturated rings. The summed E-state index contributed by atoms with van der Waals surface area (Å²) >= 11 is 0. The molecular weight excluding hydrogens is 653 g/mol. The number of fused-ring (bicyclic) bond motifs is 4. The monoisotopic (exact) mass is 696 g/mol. The standard InChI is InChI=1S/C38H44N6O5S/c1-23-9-6-10-24(2)34(23)31-18-33-42-37(41-31)43-50(46,47)29-14-7-11-25(17-29)36(45)44(26(22-48-33)19-38(3,4)5)32-16-15-30(32)35-39-20-28(21-40-35)49-27-12-8-13-27/h6-7,9-11,14,17-18,20-21,26-27,30,32H,8,12-13,15-16,19,22H2,1-5H3,(H,41,42,43)/t26-,30?,32?/m1/s1. The highest BCUT2D eigenvalue weighted by molar-refractivity contribution is 7.92. The van der Waals surface area contributed by atoms with Crippen LogP contribution in [0.4, 0.5) is 5.95 Å². The van der Waals surface area contributed by atoms with Crippen molar-refractivity contribution in [2.24, 2.45) is 5.41 Å². The topological polar surface area (TPSA) is 136 Å². The van der Waals surface area contributed by atoms with Crippen molar-refractivity contribution < 1.29 is 22.7 Å². The minimum atomic E-state index is -4.17. The van der Waals surface area contributed by atoms with Crippen LogP contribution >= 0.6 is 0 Å². The highest BCUT2D eigenvalue weighted by Gasteiger charge is 2.45. The van der Waals surface area contributed by atoms with Gasteiger partial charge in [-0.1, -0.05) is 45.0 Å². The zero-order chi connectivity index (χ0) is 35.2. The number of anilines is 1. The van der Waals surface area contributed by atoms with Gasteiger partial charge < -0.3 is 14.4 Å². The number of carbonyl (C=O) groups excluding carboxylic acids is 1. The quantitative estimate of drug-likeness (QED) is 0.229. The van der Waals surface area contributed by atoms with E-state index < -0.39 is 10.0 Å². The molecule has 2 aromatic carbocycles. The first-order chi connectivity index (χ1) is 23.8. The summed E-state index contributed by atoms with van der Waals surface area (Å²) in [7, 11) is -4.17.